The fourth-order valence-corrected chi connectivity index (χ4v) is 5.39. The van der Waals surface area contributed by atoms with Crippen LogP contribution in [0.2, 0.25) is 0 Å². The maximum Gasteiger partial charge on any atom is 0.0240 e. The van der Waals surface area contributed by atoms with Gasteiger partial charge in [-0.2, -0.15) is 0 Å². The highest BCUT2D eigenvalue weighted by Crippen LogP contribution is 2.15. The van der Waals surface area contributed by atoms with Crippen molar-refractivity contribution in [3.8, 4) is 0 Å². The molecule has 0 aliphatic carbocycles. The molecule has 6 aromatic carbocycles. The molecule has 0 saturated carbocycles. The summed E-state index contributed by atoms with van der Waals surface area (Å²) in [6.45, 7) is 29.8. The minimum atomic E-state index is 0.963. The van der Waals surface area contributed by atoms with E-state index >= 15 is 0 Å². The Morgan fingerprint density at radius 3 is 0.411 bits per heavy atom. The molecule has 0 unspecified atom stereocenters. The number of benzene rings is 6. The SMILES string of the molecule is CC.CC.CC.CC.CC.CC.c1ccc(CN(Cc2ccccc2)Cc2ccccc2)cc1.c1ccc(CN(Cc2ccccc2)Cc2ccccc2)cc1. The summed E-state index contributed by atoms with van der Waals surface area (Å²) in [5.74, 6) is 0. The fourth-order valence-electron chi connectivity index (χ4n) is 5.39. The lowest BCUT2D eigenvalue weighted by Gasteiger charge is -2.23. The first-order valence-corrected chi connectivity index (χ1v) is 21.5. The summed E-state index contributed by atoms with van der Waals surface area (Å²) in [7, 11) is 0. The minimum Gasteiger partial charge on any atom is -0.291 e. The molecule has 0 heterocycles. The van der Waals surface area contributed by atoms with E-state index in [1.807, 2.05) is 83.1 Å². The standard InChI is InChI=1S/2C21H21N.6C2H6/c2*1-4-10-19(11-5-1)16-22(17-20-12-6-2-7-13-20)18-21-14-8-3-9-15-21;6*1-2/h2*1-15H,16-18H2;6*1-2H3. The lowest BCUT2D eigenvalue weighted by Crippen LogP contribution is -2.22. The van der Waals surface area contributed by atoms with Gasteiger partial charge < -0.3 is 0 Å². The van der Waals surface area contributed by atoms with Crippen LogP contribution in [-0.2, 0) is 39.3 Å². The Labute approximate surface area is 346 Å². The summed E-state index contributed by atoms with van der Waals surface area (Å²) < 4.78 is 0. The molecule has 0 bridgehead atoms. The van der Waals surface area contributed by atoms with E-state index in [4.69, 9.17) is 0 Å². The molecule has 0 radical (unpaired) electrons. The Balaban J connectivity index is 0. The van der Waals surface area contributed by atoms with Crippen molar-refractivity contribution in [2.45, 2.75) is 122 Å². The first-order chi connectivity index (χ1) is 27.8. The summed E-state index contributed by atoms with van der Waals surface area (Å²) in [6, 6.07) is 64.1. The largest absolute Gasteiger partial charge is 0.291 e. The highest BCUT2D eigenvalue weighted by molar-refractivity contribution is 5.21. The fraction of sp³-hybridized carbons (Fsp3) is 0.333. The van der Waals surface area contributed by atoms with Crippen molar-refractivity contribution < 1.29 is 0 Å². The van der Waals surface area contributed by atoms with Gasteiger partial charge >= 0.3 is 0 Å². The van der Waals surface area contributed by atoms with Gasteiger partial charge in [-0.3, -0.25) is 9.80 Å². The molecule has 304 valence electrons. The van der Waals surface area contributed by atoms with Gasteiger partial charge in [0.05, 0.1) is 0 Å². The average Bonchev–Trinajstić information content (AvgIpc) is 3.30. The van der Waals surface area contributed by atoms with E-state index < -0.39 is 0 Å². The minimum absolute atomic E-state index is 0.963. The van der Waals surface area contributed by atoms with Gasteiger partial charge in [-0.05, 0) is 33.4 Å². The Kier molecular flexibility index (Phi) is 38.0. The van der Waals surface area contributed by atoms with E-state index in [0.29, 0.717) is 0 Å². The van der Waals surface area contributed by atoms with Crippen LogP contribution in [0, 0.1) is 0 Å². The molecule has 6 aromatic rings. The Hall–Kier alpha value is -4.76. The number of hydrogen-bond acceptors (Lipinski definition) is 2. The van der Waals surface area contributed by atoms with Gasteiger partial charge in [-0.1, -0.05) is 265 Å². The quantitative estimate of drug-likeness (QED) is 0.123. The predicted molar refractivity (Wildman–Crippen MR) is 253 cm³/mol. The van der Waals surface area contributed by atoms with Crippen LogP contribution in [0.25, 0.3) is 0 Å². The topological polar surface area (TPSA) is 6.48 Å². The van der Waals surface area contributed by atoms with E-state index in [-0.39, 0.29) is 0 Å². The Morgan fingerprint density at radius 1 is 0.196 bits per heavy atom. The second-order valence-electron chi connectivity index (χ2n) is 11.2. The van der Waals surface area contributed by atoms with Crippen LogP contribution in [0.1, 0.15) is 116 Å². The number of hydrogen-bond donors (Lipinski definition) is 0. The van der Waals surface area contributed by atoms with Crippen LogP contribution < -0.4 is 0 Å². The van der Waals surface area contributed by atoms with Crippen LogP contribution in [0.3, 0.4) is 0 Å². The van der Waals surface area contributed by atoms with Crippen molar-refractivity contribution in [3.05, 3.63) is 215 Å². The first kappa shape index (κ1) is 53.3. The van der Waals surface area contributed by atoms with E-state index in [1.165, 1.54) is 33.4 Å². The molecular formula is C54H78N2. The number of rotatable bonds is 12. The van der Waals surface area contributed by atoms with Gasteiger partial charge in [0.1, 0.15) is 0 Å². The van der Waals surface area contributed by atoms with Crippen LogP contribution in [0.15, 0.2) is 182 Å². The Morgan fingerprint density at radius 2 is 0.304 bits per heavy atom. The molecule has 2 nitrogen and oxygen atoms in total. The van der Waals surface area contributed by atoms with Crippen molar-refractivity contribution in [2.24, 2.45) is 0 Å². The van der Waals surface area contributed by atoms with E-state index in [1.54, 1.807) is 0 Å². The lowest BCUT2D eigenvalue weighted by atomic mass is 10.1. The molecule has 0 atom stereocenters. The average molecular weight is 755 g/mol. The zero-order valence-corrected chi connectivity index (χ0v) is 37.5. The monoisotopic (exact) mass is 755 g/mol. The summed E-state index contributed by atoms with van der Waals surface area (Å²) in [6.07, 6.45) is 0. The zero-order valence-electron chi connectivity index (χ0n) is 37.5. The number of nitrogens with zero attached hydrogens (tertiary/aromatic N) is 2. The van der Waals surface area contributed by atoms with E-state index in [2.05, 4.69) is 192 Å². The van der Waals surface area contributed by atoms with Gasteiger partial charge in [0, 0.05) is 39.3 Å². The zero-order chi connectivity index (χ0) is 42.1. The maximum absolute atomic E-state index is 2.49. The third-order valence-corrected chi connectivity index (χ3v) is 7.49. The van der Waals surface area contributed by atoms with Crippen molar-refractivity contribution >= 4 is 0 Å². The van der Waals surface area contributed by atoms with Crippen molar-refractivity contribution in [2.75, 3.05) is 0 Å². The second-order valence-corrected chi connectivity index (χ2v) is 11.2. The van der Waals surface area contributed by atoms with Crippen LogP contribution in [0.5, 0.6) is 0 Å². The van der Waals surface area contributed by atoms with Crippen molar-refractivity contribution in [3.63, 3.8) is 0 Å². The molecule has 2 heteroatoms. The highest BCUT2D eigenvalue weighted by Gasteiger charge is 2.09. The molecular weight excluding hydrogens is 677 g/mol. The van der Waals surface area contributed by atoms with Crippen molar-refractivity contribution in [1.82, 2.24) is 9.80 Å². The van der Waals surface area contributed by atoms with E-state index in [0.717, 1.165) is 39.3 Å². The molecule has 0 amide bonds. The van der Waals surface area contributed by atoms with Crippen LogP contribution in [-0.4, -0.2) is 9.80 Å². The molecule has 0 saturated heterocycles. The van der Waals surface area contributed by atoms with Gasteiger partial charge in [0.25, 0.3) is 0 Å². The lowest BCUT2D eigenvalue weighted by molar-refractivity contribution is 0.247. The maximum atomic E-state index is 2.49. The summed E-state index contributed by atoms with van der Waals surface area (Å²) in [5, 5.41) is 0. The normalized spacial score (nSPS) is 9.11. The van der Waals surface area contributed by atoms with Gasteiger partial charge in [-0.15, -0.1) is 0 Å². The first-order valence-electron chi connectivity index (χ1n) is 21.5. The van der Waals surface area contributed by atoms with Gasteiger partial charge in [-0.25, -0.2) is 0 Å². The molecule has 0 spiro atoms. The molecule has 56 heavy (non-hydrogen) atoms. The summed E-state index contributed by atoms with van der Waals surface area (Å²) in [5.41, 5.74) is 8.14. The molecule has 0 aliphatic rings. The third kappa shape index (κ3) is 25.3. The third-order valence-electron chi connectivity index (χ3n) is 7.49. The molecule has 0 fully saturated rings. The molecule has 0 aliphatic heterocycles. The van der Waals surface area contributed by atoms with Crippen LogP contribution >= 0.6 is 0 Å². The Bertz CT molecular complexity index is 1250. The van der Waals surface area contributed by atoms with Crippen molar-refractivity contribution in [1.29, 1.82) is 0 Å². The predicted octanol–water partition coefficient (Wildman–Crippen LogP) is 15.9. The smallest absolute Gasteiger partial charge is 0.0240 e. The molecule has 0 aromatic heterocycles. The van der Waals surface area contributed by atoms with Crippen LogP contribution in [0.4, 0.5) is 0 Å². The molecule has 0 N–H and O–H groups in total. The van der Waals surface area contributed by atoms with Gasteiger partial charge in [0.15, 0.2) is 0 Å². The second kappa shape index (κ2) is 39.9. The molecule has 6 rings (SSSR count). The van der Waals surface area contributed by atoms with E-state index in [9.17, 15) is 0 Å². The summed E-state index contributed by atoms with van der Waals surface area (Å²) >= 11 is 0. The highest BCUT2D eigenvalue weighted by atomic mass is 15.1. The summed E-state index contributed by atoms with van der Waals surface area (Å²) in [4.78, 5) is 4.97. The van der Waals surface area contributed by atoms with Gasteiger partial charge in [0.2, 0.25) is 0 Å².